The van der Waals surface area contributed by atoms with Crippen LogP contribution in [0, 0.1) is 17.1 Å². The fraction of sp³-hybridized carbons (Fsp3) is 0.533. The van der Waals surface area contributed by atoms with Crippen LogP contribution in [0.25, 0.3) is 0 Å². The second-order valence-electron chi connectivity index (χ2n) is 5.43. The van der Waals surface area contributed by atoms with E-state index in [1.807, 2.05) is 18.0 Å². The van der Waals surface area contributed by atoms with Crippen LogP contribution in [0.1, 0.15) is 24.0 Å². The van der Waals surface area contributed by atoms with Gasteiger partial charge >= 0.3 is 0 Å². The highest BCUT2D eigenvalue weighted by atomic mass is 19.1. The standard InChI is InChI=1S/C15H19FN2O2/c1-18(11-15(19)4-6-20-7-5-15)10-13-8-12(9-17)2-3-14(13)16/h2-3,8,19H,4-7,10-11H2,1H3. The predicted molar refractivity (Wildman–Crippen MR) is 72.5 cm³/mol. The Morgan fingerprint density at radius 2 is 2.15 bits per heavy atom. The molecule has 0 amide bonds. The van der Waals surface area contributed by atoms with Gasteiger partial charge in [0, 0.05) is 44.7 Å². The lowest BCUT2D eigenvalue weighted by Gasteiger charge is -2.35. The van der Waals surface area contributed by atoms with Crippen molar-refractivity contribution in [1.82, 2.24) is 4.90 Å². The first kappa shape index (κ1) is 14.9. The highest BCUT2D eigenvalue weighted by Crippen LogP contribution is 2.22. The minimum Gasteiger partial charge on any atom is -0.388 e. The Hall–Kier alpha value is -1.48. The Morgan fingerprint density at radius 1 is 1.45 bits per heavy atom. The molecule has 1 aromatic rings. The van der Waals surface area contributed by atoms with Crippen LogP contribution in [0.15, 0.2) is 18.2 Å². The van der Waals surface area contributed by atoms with Gasteiger partial charge in [0.1, 0.15) is 5.82 Å². The molecule has 1 saturated heterocycles. The van der Waals surface area contributed by atoms with Crippen LogP contribution >= 0.6 is 0 Å². The van der Waals surface area contributed by atoms with E-state index in [1.165, 1.54) is 12.1 Å². The molecule has 0 unspecified atom stereocenters. The molecule has 0 radical (unpaired) electrons. The first-order valence-electron chi connectivity index (χ1n) is 6.70. The third kappa shape index (κ3) is 3.76. The van der Waals surface area contributed by atoms with Crippen LogP contribution in [-0.2, 0) is 11.3 Å². The van der Waals surface area contributed by atoms with Crippen LogP contribution in [0.3, 0.4) is 0 Å². The summed E-state index contributed by atoms with van der Waals surface area (Å²) in [6, 6.07) is 6.33. The van der Waals surface area contributed by atoms with Gasteiger partial charge in [0.15, 0.2) is 0 Å². The van der Waals surface area contributed by atoms with Crippen molar-refractivity contribution < 1.29 is 14.2 Å². The number of likely N-dealkylation sites (N-methyl/N-ethyl adjacent to an activating group) is 1. The normalized spacial score (nSPS) is 17.9. The molecular weight excluding hydrogens is 259 g/mol. The maximum atomic E-state index is 13.7. The van der Waals surface area contributed by atoms with Crippen LogP contribution < -0.4 is 0 Å². The van der Waals surface area contributed by atoms with E-state index in [0.29, 0.717) is 50.3 Å². The van der Waals surface area contributed by atoms with Crippen molar-refractivity contribution in [3.05, 3.63) is 35.1 Å². The number of nitriles is 1. The van der Waals surface area contributed by atoms with Gasteiger partial charge in [-0.1, -0.05) is 0 Å². The number of benzene rings is 1. The minimum absolute atomic E-state index is 0.324. The van der Waals surface area contributed by atoms with Gasteiger partial charge in [0.2, 0.25) is 0 Å². The second-order valence-corrected chi connectivity index (χ2v) is 5.43. The average Bonchev–Trinajstić information content (AvgIpc) is 2.41. The van der Waals surface area contributed by atoms with Gasteiger partial charge in [-0.25, -0.2) is 4.39 Å². The Morgan fingerprint density at radius 3 is 2.80 bits per heavy atom. The number of hydrogen-bond donors (Lipinski definition) is 1. The third-order valence-corrected chi connectivity index (χ3v) is 3.60. The zero-order valence-electron chi connectivity index (χ0n) is 11.6. The SMILES string of the molecule is CN(Cc1cc(C#N)ccc1F)CC1(O)CCOCC1. The van der Waals surface area contributed by atoms with Crippen molar-refractivity contribution in [2.75, 3.05) is 26.8 Å². The van der Waals surface area contributed by atoms with E-state index in [4.69, 9.17) is 10.00 Å². The van der Waals surface area contributed by atoms with E-state index >= 15 is 0 Å². The van der Waals surface area contributed by atoms with E-state index in [2.05, 4.69) is 0 Å². The fourth-order valence-corrected chi connectivity index (χ4v) is 2.52. The van der Waals surface area contributed by atoms with Crippen molar-refractivity contribution in [2.45, 2.75) is 25.0 Å². The third-order valence-electron chi connectivity index (χ3n) is 3.60. The molecule has 0 aromatic heterocycles. The Bertz CT molecular complexity index is 507. The smallest absolute Gasteiger partial charge is 0.127 e. The summed E-state index contributed by atoms with van der Waals surface area (Å²) in [5, 5.41) is 19.3. The Labute approximate surface area is 118 Å². The number of nitrogens with zero attached hydrogens (tertiary/aromatic N) is 2. The molecule has 1 aliphatic rings. The highest BCUT2D eigenvalue weighted by molar-refractivity contribution is 5.33. The Balaban J connectivity index is 2.00. The molecule has 5 heteroatoms. The summed E-state index contributed by atoms with van der Waals surface area (Å²) < 4.78 is 19.0. The zero-order valence-corrected chi connectivity index (χ0v) is 11.6. The number of aliphatic hydroxyl groups is 1. The molecule has 2 rings (SSSR count). The minimum atomic E-state index is -0.768. The number of halogens is 1. The van der Waals surface area contributed by atoms with E-state index < -0.39 is 5.60 Å². The number of rotatable bonds is 4. The molecule has 4 nitrogen and oxygen atoms in total. The molecule has 1 heterocycles. The van der Waals surface area contributed by atoms with Gasteiger partial charge < -0.3 is 9.84 Å². The molecule has 0 bridgehead atoms. The van der Waals surface area contributed by atoms with Crippen LogP contribution in [0.2, 0.25) is 0 Å². The fourth-order valence-electron chi connectivity index (χ4n) is 2.52. The largest absolute Gasteiger partial charge is 0.388 e. The molecule has 0 spiro atoms. The van der Waals surface area contributed by atoms with E-state index in [-0.39, 0.29) is 5.82 Å². The molecule has 1 N–H and O–H groups in total. The van der Waals surface area contributed by atoms with E-state index in [1.54, 1.807) is 6.07 Å². The lowest BCUT2D eigenvalue weighted by atomic mass is 9.94. The van der Waals surface area contributed by atoms with Crippen LogP contribution in [0.4, 0.5) is 4.39 Å². The van der Waals surface area contributed by atoms with Crippen molar-refractivity contribution in [3.8, 4) is 6.07 Å². The van der Waals surface area contributed by atoms with E-state index in [0.717, 1.165) is 0 Å². The van der Waals surface area contributed by atoms with Crippen molar-refractivity contribution in [1.29, 1.82) is 5.26 Å². The summed E-state index contributed by atoms with van der Waals surface area (Å²) in [6.07, 6.45) is 1.19. The maximum absolute atomic E-state index is 13.7. The highest BCUT2D eigenvalue weighted by Gasteiger charge is 2.31. The first-order valence-corrected chi connectivity index (χ1v) is 6.70. The molecule has 108 valence electrons. The zero-order chi connectivity index (χ0) is 14.6. The summed E-state index contributed by atoms with van der Waals surface area (Å²) in [7, 11) is 1.84. The second kappa shape index (κ2) is 6.31. The van der Waals surface area contributed by atoms with Gasteiger partial charge in [-0.05, 0) is 25.2 Å². The quantitative estimate of drug-likeness (QED) is 0.910. The summed E-state index contributed by atoms with van der Waals surface area (Å²) in [5.41, 5.74) is 0.151. The van der Waals surface area contributed by atoms with Crippen molar-refractivity contribution >= 4 is 0 Å². The molecule has 1 aliphatic heterocycles. The predicted octanol–water partition coefficient (Wildman–Crippen LogP) is 1.67. The van der Waals surface area contributed by atoms with Gasteiger partial charge in [-0.3, -0.25) is 4.90 Å². The van der Waals surface area contributed by atoms with Crippen molar-refractivity contribution in [2.24, 2.45) is 0 Å². The summed E-state index contributed by atoms with van der Waals surface area (Å²) in [6.45, 7) is 1.95. The average molecular weight is 278 g/mol. The summed E-state index contributed by atoms with van der Waals surface area (Å²) >= 11 is 0. The van der Waals surface area contributed by atoms with Gasteiger partial charge in [0.25, 0.3) is 0 Å². The molecule has 0 aliphatic carbocycles. The lowest BCUT2D eigenvalue weighted by molar-refractivity contribution is -0.0778. The lowest BCUT2D eigenvalue weighted by Crippen LogP contribution is -2.45. The molecule has 20 heavy (non-hydrogen) atoms. The van der Waals surface area contributed by atoms with Crippen LogP contribution in [-0.4, -0.2) is 42.4 Å². The first-order chi connectivity index (χ1) is 9.52. The monoisotopic (exact) mass is 278 g/mol. The molecular formula is C15H19FN2O2. The van der Waals surface area contributed by atoms with Gasteiger partial charge in [-0.2, -0.15) is 5.26 Å². The number of ether oxygens (including phenoxy) is 1. The van der Waals surface area contributed by atoms with Crippen molar-refractivity contribution in [3.63, 3.8) is 0 Å². The van der Waals surface area contributed by atoms with Gasteiger partial charge in [0.05, 0.1) is 17.2 Å². The molecule has 0 saturated carbocycles. The topological polar surface area (TPSA) is 56.5 Å². The van der Waals surface area contributed by atoms with E-state index in [9.17, 15) is 9.50 Å². The number of hydrogen-bond acceptors (Lipinski definition) is 4. The molecule has 1 fully saturated rings. The Kier molecular flexibility index (Phi) is 4.71. The molecule has 0 atom stereocenters. The summed E-state index contributed by atoms with van der Waals surface area (Å²) in [5.74, 6) is -0.324. The summed E-state index contributed by atoms with van der Waals surface area (Å²) in [4.78, 5) is 1.88. The van der Waals surface area contributed by atoms with Gasteiger partial charge in [-0.15, -0.1) is 0 Å². The molecule has 1 aromatic carbocycles. The van der Waals surface area contributed by atoms with Crippen LogP contribution in [0.5, 0.6) is 0 Å². The maximum Gasteiger partial charge on any atom is 0.127 e.